The van der Waals surface area contributed by atoms with Gasteiger partial charge in [0.2, 0.25) is 5.91 Å². The van der Waals surface area contributed by atoms with E-state index >= 15 is 0 Å². The fourth-order valence-electron chi connectivity index (χ4n) is 8.72. The summed E-state index contributed by atoms with van der Waals surface area (Å²) in [7, 11) is 0. The van der Waals surface area contributed by atoms with Gasteiger partial charge >= 0.3 is 0 Å². The van der Waals surface area contributed by atoms with Crippen LogP contribution < -0.4 is 5.32 Å². The largest absolute Gasteiger partial charge is 0.394 e. The molecule has 0 aliphatic carbocycles. The second-order valence-electron chi connectivity index (χ2n) is 19.0. The Bertz CT molecular complexity index is 1040. The minimum atomic E-state index is -1.55. The number of nitrogens with one attached hydrogen (secondary N) is 1. The van der Waals surface area contributed by atoms with Crippen molar-refractivity contribution in [1.82, 2.24) is 5.32 Å². The summed E-state index contributed by atoms with van der Waals surface area (Å²) in [5.74, 6) is -0.149. The molecule has 9 heteroatoms. The van der Waals surface area contributed by atoms with Gasteiger partial charge in [-0.25, -0.2) is 0 Å². The van der Waals surface area contributed by atoms with Gasteiger partial charge in [-0.3, -0.25) is 4.79 Å². The Hall–Kier alpha value is -1.33. The van der Waals surface area contributed by atoms with E-state index in [1.807, 2.05) is 0 Å². The number of ether oxygens (including phenoxy) is 2. The number of carbonyl (C=O) groups excluding carboxylic acids is 1. The molecule has 0 spiro atoms. The number of rotatable bonds is 46. The highest BCUT2D eigenvalue weighted by atomic mass is 16.7. The van der Waals surface area contributed by atoms with Gasteiger partial charge in [-0.1, -0.05) is 231 Å². The standard InChI is InChI=1S/C54H103NO8/c1-3-5-7-9-11-13-15-17-19-21-23-24-25-26-27-29-31-33-35-37-39-41-43-48(57)47(46-62-54-53(61)52(60)51(59)49(45-56)63-54)55-50(58)44-42-40-38-36-34-32-30-28-22-20-18-16-14-12-10-8-6-4-2/h14,16,20,22,47-49,51-54,56-57,59-61H,3-13,15,17-19,21,23-46H2,1-2H3,(H,55,58)/b16-14-,22-20-. The minimum absolute atomic E-state index is 0.139. The van der Waals surface area contributed by atoms with E-state index in [2.05, 4.69) is 43.5 Å². The second kappa shape index (κ2) is 44.5. The summed E-state index contributed by atoms with van der Waals surface area (Å²) in [6.07, 6.45) is 47.6. The van der Waals surface area contributed by atoms with E-state index in [4.69, 9.17) is 9.47 Å². The van der Waals surface area contributed by atoms with Crippen LogP contribution in [0.2, 0.25) is 0 Å². The van der Waals surface area contributed by atoms with Crippen molar-refractivity contribution >= 4 is 5.91 Å². The third-order valence-corrected chi connectivity index (χ3v) is 13.1. The molecule has 372 valence electrons. The van der Waals surface area contributed by atoms with Crippen LogP contribution in [0.5, 0.6) is 0 Å². The summed E-state index contributed by atoms with van der Waals surface area (Å²) in [4.78, 5) is 13.0. The normalized spacial score (nSPS) is 20.3. The average Bonchev–Trinajstić information content (AvgIpc) is 3.28. The Labute approximate surface area is 388 Å². The number of hydrogen-bond acceptors (Lipinski definition) is 8. The third-order valence-electron chi connectivity index (χ3n) is 13.1. The quantitative estimate of drug-likeness (QED) is 0.0261. The molecule has 1 aliphatic heterocycles. The molecule has 1 saturated heterocycles. The lowest BCUT2D eigenvalue weighted by atomic mass is 9.99. The fraction of sp³-hybridized carbons (Fsp3) is 0.907. The Kier molecular flexibility index (Phi) is 42.2. The molecule has 1 rings (SSSR count). The lowest BCUT2D eigenvalue weighted by Gasteiger charge is -2.40. The van der Waals surface area contributed by atoms with E-state index in [0.717, 1.165) is 51.4 Å². The number of aliphatic hydroxyl groups excluding tert-OH is 5. The maximum absolute atomic E-state index is 13.0. The Balaban J connectivity index is 2.24. The zero-order chi connectivity index (χ0) is 45.9. The monoisotopic (exact) mass is 894 g/mol. The Morgan fingerprint density at radius 2 is 0.937 bits per heavy atom. The molecule has 0 radical (unpaired) electrons. The van der Waals surface area contributed by atoms with Crippen molar-refractivity contribution in [1.29, 1.82) is 0 Å². The molecule has 9 nitrogen and oxygen atoms in total. The van der Waals surface area contributed by atoms with E-state index in [9.17, 15) is 30.3 Å². The van der Waals surface area contributed by atoms with Crippen LogP contribution in [0.25, 0.3) is 0 Å². The molecule has 7 atom stereocenters. The van der Waals surface area contributed by atoms with E-state index in [0.29, 0.717) is 12.8 Å². The lowest BCUT2D eigenvalue weighted by Crippen LogP contribution is -2.60. The summed E-state index contributed by atoms with van der Waals surface area (Å²) < 4.78 is 11.3. The van der Waals surface area contributed by atoms with Crippen LogP contribution in [0.1, 0.15) is 258 Å². The first kappa shape index (κ1) is 59.7. The SMILES string of the molecule is CCCCCC/C=C\C/C=C\CCCCCCCCCC(=O)NC(COC1OC(CO)C(O)C(O)C1O)C(O)CCCCCCCCCCCCCCCCCCCCCCCC. The summed E-state index contributed by atoms with van der Waals surface area (Å²) in [5, 5.41) is 54.6. The molecule has 0 aromatic heterocycles. The van der Waals surface area contributed by atoms with E-state index in [1.54, 1.807) is 0 Å². The van der Waals surface area contributed by atoms with Crippen molar-refractivity contribution in [3.8, 4) is 0 Å². The number of hydrogen-bond donors (Lipinski definition) is 6. The fourth-order valence-corrected chi connectivity index (χ4v) is 8.72. The zero-order valence-corrected chi connectivity index (χ0v) is 41.1. The first-order valence-corrected chi connectivity index (χ1v) is 27.0. The molecule has 63 heavy (non-hydrogen) atoms. The zero-order valence-electron chi connectivity index (χ0n) is 41.1. The predicted molar refractivity (Wildman–Crippen MR) is 263 cm³/mol. The van der Waals surface area contributed by atoms with Crippen LogP contribution >= 0.6 is 0 Å². The van der Waals surface area contributed by atoms with Gasteiger partial charge in [0.25, 0.3) is 0 Å². The lowest BCUT2D eigenvalue weighted by molar-refractivity contribution is -0.302. The van der Waals surface area contributed by atoms with Crippen molar-refractivity contribution in [2.45, 2.75) is 301 Å². The molecule has 1 aliphatic rings. The number of aliphatic hydroxyl groups is 5. The van der Waals surface area contributed by atoms with Gasteiger partial charge in [0, 0.05) is 6.42 Å². The van der Waals surface area contributed by atoms with Crippen molar-refractivity contribution in [3.05, 3.63) is 24.3 Å². The van der Waals surface area contributed by atoms with Gasteiger partial charge in [0.05, 0.1) is 25.4 Å². The molecule has 1 amide bonds. The van der Waals surface area contributed by atoms with Crippen molar-refractivity contribution in [2.24, 2.45) is 0 Å². The molecule has 1 fully saturated rings. The van der Waals surface area contributed by atoms with Crippen LogP contribution in [0, 0.1) is 0 Å². The number of unbranched alkanes of at least 4 members (excludes halogenated alkanes) is 32. The smallest absolute Gasteiger partial charge is 0.220 e. The van der Waals surface area contributed by atoms with Crippen LogP contribution in [-0.4, -0.2) is 87.5 Å². The molecular formula is C54H103NO8. The highest BCUT2D eigenvalue weighted by Gasteiger charge is 2.44. The first-order chi connectivity index (χ1) is 30.8. The molecule has 0 aromatic carbocycles. The first-order valence-electron chi connectivity index (χ1n) is 27.0. The van der Waals surface area contributed by atoms with Gasteiger partial charge in [-0.05, 0) is 44.9 Å². The van der Waals surface area contributed by atoms with Crippen molar-refractivity contribution < 1.29 is 39.8 Å². The molecular weight excluding hydrogens is 791 g/mol. The molecule has 6 N–H and O–H groups in total. The van der Waals surface area contributed by atoms with Crippen LogP contribution in [0.15, 0.2) is 24.3 Å². The van der Waals surface area contributed by atoms with Crippen LogP contribution in [0.3, 0.4) is 0 Å². The summed E-state index contributed by atoms with van der Waals surface area (Å²) in [5.41, 5.74) is 0. The third kappa shape index (κ3) is 34.6. The van der Waals surface area contributed by atoms with Crippen molar-refractivity contribution in [2.75, 3.05) is 13.2 Å². The van der Waals surface area contributed by atoms with Gasteiger partial charge in [0.1, 0.15) is 24.4 Å². The van der Waals surface area contributed by atoms with Gasteiger partial charge in [-0.2, -0.15) is 0 Å². The van der Waals surface area contributed by atoms with Gasteiger partial charge in [-0.15, -0.1) is 0 Å². The maximum Gasteiger partial charge on any atom is 0.220 e. The topological polar surface area (TPSA) is 149 Å². The van der Waals surface area contributed by atoms with Crippen LogP contribution in [0.4, 0.5) is 0 Å². The van der Waals surface area contributed by atoms with Crippen molar-refractivity contribution in [3.63, 3.8) is 0 Å². The highest BCUT2D eigenvalue weighted by molar-refractivity contribution is 5.76. The van der Waals surface area contributed by atoms with E-state index in [-0.39, 0.29) is 12.5 Å². The van der Waals surface area contributed by atoms with Gasteiger partial charge in [0.15, 0.2) is 6.29 Å². The Morgan fingerprint density at radius 1 is 0.540 bits per heavy atom. The van der Waals surface area contributed by atoms with E-state index in [1.165, 1.54) is 180 Å². The number of allylic oxidation sites excluding steroid dienone is 4. The summed E-state index contributed by atoms with van der Waals surface area (Å²) in [6, 6.07) is -0.722. The summed E-state index contributed by atoms with van der Waals surface area (Å²) >= 11 is 0. The highest BCUT2D eigenvalue weighted by Crippen LogP contribution is 2.23. The predicted octanol–water partition coefficient (Wildman–Crippen LogP) is 12.6. The molecule has 0 bridgehead atoms. The number of carbonyl (C=O) groups is 1. The average molecular weight is 894 g/mol. The minimum Gasteiger partial charge on any atom is -0.394 e. The second-order valence-corrected chi connectivity index (χ2v) is 19.0. The number of amides is 1. The Morgan fingerprint density at radius 3 is 1.38 bits per heavy atom. The van der Waals surface area contributed by atoms with Gasteiger partial charge < -0.3 is 40.3 Å². The molecule has 7 unspecified atom stereocenters. The molecule has 0 saturated carbocycles. The van der Waals surface area contributed by atoms with Crippen LogP contribution in [-0.2, 0) is 14.3 Å². The summed E-state index contributed by atoms with van der Waals surface area (Å²) in [6.45, 7) is 3.84. The van der Waals surface area contributed by atoms with E-state index < -0.39 is 49.5 Å². The maximum atomic E-state index is 13.0. The molecule has 0 aromatic rings. The molecule has 1 heterocycles.